The van der Waals surface area contributed by atoms with Crippen LogP contribution in [0.25, 0.3) is 0 Å². The first kappa shape index (κ1) is 20.8. The number of rotatable bonds is 7. The fraction of sp³-hybridized carbons (Fsp3) is 0.316. The Morgan fingerprint density at radius 2 is 1.46 bits per heavy atom. The largest absolute Gasteiger partial charge is 0.519 e. The lowest BCUT2D eigenvalue weighted by Crippen LogP contribution is -2.23. The van der Waals surface area contributed by atoms with Gasteiger partial charge in [-0.15, -0.1) is 0 Å². The maximum Gasteiger partial charge on any atom is 0.519 e. The Kier molecular flexibility index (Phi) is 6.29. The van der Waals surface area contributed by atoms with Crippen LogP contribution in [0.3, 0.4) is 0 Å². The van der Waals surface area contributed by atoms with Crippen molar-refractivity contribution in [2.75, 3.05) is 0 Å². The smallest absolute Gasteiger partial charge is 0.395 e. The number of nitro benzene ring substituents is 2. The van der Waals surface area contributed by atoms with E-state index in [-0.39, 0.29) is 22.9 Å². The Balaban J connectivity index is 2.27. The minimum Gasteiger partial charge on any atom is -0.395 e. The van der Waals surface area contributed by atoms with Gasteiger partial charge < -0.3 is 9.47 Å². The van der Waals surface area contributed by atoms with Gasteiger partial charge in [-0.2, -0.15) is 0 Å². The molecule has 0 saturated heterocycles. The zero-order chi connectivity index (χ0) is 20.9. The highest BCUT2D eigenvalue weighted by molar-refractivity contribution is 5.68. The highest BCUT2D eigenvalue weighted by atomic mass is 16.7. The lowest BCUT2D eigenvalue weighted by Gasteiger charge is -2.28. The Labute approximate surface area is 161 Å². The van der Waals surface area contributed by atoms with E-state index in [0.717, 1.165) is 0 Å². The number of nitrogens with zero attached hydrogens (tertiary/aromatic N) is 2. The van der Waals surface area contributed by atoms with Gasteiger partial charge in [0.25, 0.3) is 11.4 Å². The summed E-state index contributed by atoms with van der Waals surface area (Å²) in [4.78, 5) is 32.9. The van der Waals surface area contributed by atoms with Gasteiger partial charge in [-0.1, -0.05) is 20.8 Å². The molecule has 0 atom stereocenters. The fourth-order valence-electron chi connectivity index (χ4n) is 2.67. The minimum absolute atomic E-state index is 0.0767. The predicted octanol–water partition coefficient (Wildman–Crippen LogP) is 5.16. The van der Waals surface area contributed by atoms with Gasteiger partial charge in [0.15, 0.2) is 0 Å². The molecule has 0 N–H and O–H groups in total. The third kappa shape index (κ3) is 4.61. The molecule has 2 aromatic carbocycles. The van der Waals surface area contributed by atoms with E-state index in [0.29, 0.717) is 18.4 Å². The molecule has 9 heteroatoms. The van der Waals surface area contributed by atoms with E-state index in [1.807, 2.05) is 20.8 Å². The van der Waals surface area contributed by atoms with E-state index in [2.05, 4.69) is 0 Å². The standard InChI is InChI=1S/C19H20N2O7/c1-4-19(3,5-2)16-12-14(21(25)26)8-11-17(16)28-18(22)27-15-9-6-13(7-10-15)20(23)24/h6-12H,4-5H2,1-3H3. The summed E-state index contributed by atoms with van der Waals surface area (Å²) in [6.07, 6.45) is 0.315. The molecule has 0 aromatic heterocycles. The van der Waals surface area contributed by atoms with Crippen molar-refractivity contribution < 1.29 is 24.1 Å². The SMILES string of the molecule is CCC(C)(CC)c1cc([N+](=O)[O-])ccc1OC(=O)Oc1ccc([N+](=O)[O-])cc1. The van der Waals surface area contributed by atoms with E-state index < -0.39 is 21.4 Å². The quantitative estimate of drug-likeness (QED) is 0.278. The summed E-state index contributed by atoms with van der Waals surface area (Å²) in [6.45, 7) is 5.82. The number of hydrogen-bond donors (Lipinski definition) is 0. The molecule has 0 fully saturated rings. The van der Waals surface area contributed by atoms with E-state index in [1.54, 1.807) is 0 Å². The minimum atomic E-state index is -1.04. The second kappa shape index (κ2) is 8.47. The molecule has 148 valence electrons. The van der Waals surface area contributed by atoms with E-state index in [9.17, 15) is 25.0 Å². The molecule has 0 unspecified atom stereocenters. The Morgan fingerprint density at radius 3 is 1.96 bits per heavy atom. The van der Waals surface area contributed by atoms with Crippen LogP contribution in [0.15, 0.2) is 42.5 Å². The summed E-state index contributed by atoms with van der Waals surface area (Å²) in [5.74, 6) is 0.247. The first-order valence-electron chi connectivity index (χ1n) is 8.63. The fourth-order valence-corrected chi connectivity index (χ4v) is 2.67. The molecule has 0 aliphatic heterocycles. The zero-order valence-corrected chi connectivity index (χ0v) is 15.7. The molecule has 0 aliphatic rings. The van der Waals surface area contributed by atoms with Gasteiger partial charge in [0, 0.05) is 29.8 Å². The number of ether oxygens (including phenoxy) is 2. The Morgan fingerprint density at radius 1 is 0.929 bits per heavy atom. The van der Waals surface area contributed by atoms with Crippen LogP contribution in [0.1, 0.15) is 39.2 Å². The summed E-state index contributed by atoms with van der Waals surface area (Å²) < 4.78 is 10.3. The topological polar surface area (TPSA) is 122 Å². The summed E-state index contributed by atoms with van der Waals surface area (Å²) >= 11 is 0. The number of non-ortho nitro benzene ring substituents is 2. The van der Waals surface area contributed by atoms with Crippen LogP contribution in [0.2, 0.25) is 0 Å². The second-order valence-electron chi connectivity index (χ2n) is 6.41. The molecule has 0 heterocycles. The maximum atomic E-state index is 12.2. The molecule has 0 spiro atoms. The Bertz CT molecular complexity index is 890. The van der Waals surface area contributed by atoms with Crippen molar-refractivity contribution in [2.24, 2.45) is 0 Å². The van der Waals surface area contributed by atoms with Crippen LogP contribution in [0, 0.1) is 20.2 Å². The van der Waals surface area contributed by atoms with Crippen molar-refractivity contribution in [2.45, 2.75) is 39.0 Å². The molecule has 0 radical (unpaired) electrons. The number of carbonyl (C=O) groups is 1. The van der Waals surface area contributed by atoms with Crippen LogP contribution in [-0.4, -0.2) is 16.0 Å². The van der Waals surface area contributed by atoms with Gasteiger partial charge in [-0.25, -0.2) is 4.79 Å². The summed E-state index contributed by atoms with van der Waals surface area (Å²) in [6, 6.07) is 8.98. The average molecular weight is 388 g/mol. The molecule has 2 rings (SSSR count). The molecule has 9 nitrogen and oxygen atoms in total. The summed E-state index contributed by atoms with van der Waals surface area (Å²) in [5.41, 5.74) is -0.138. The zero-order valence-electron chi connectivity index (χ0n) is 15.7. The summed E-state index contributed by atoms with van der Waals surface area (Å²) in [5, 5.41) is 21.8. The molecule has 0 aliphatic carbocycles. The van der Waals surface area contributed by atoms with E-state index >= 15 is 0 Å². The van der Waals surface area contributed by atoms with Gasteiger partial charge in [0.05, 0.1) is 9.85 Å². The third-order valence-corrected chi connectivity index (χ3v) is 4.83. The molecule has 0 amide bonds. The normalized spacial score (nSPS) is 11.0. The van der Waals surface area contributed by atoms with E-state index in [1.165, 1.54) is 42.5 Å². The van der Waals surface area contributed by atoms with Gasteiger partial charge in [0.1, 0.15) is 11.5 Å². The number of benzene rings is 2. The van der Waals surface area contributed by atoms with Crippen LogP contribution < -0.4 is 9.47 Å². The summed E-state index contributed by atoms with van der Waals surface area (Å²) in [7, 11) is 0. The van der Waals surface area contributed by atoms with Crippen molar-refractivity contribution >= 4 is 17.5 Å². The lowest BCUT2D eigenvalue weighted by atomic mass is 9.77. The molecule has 0 saturated carbocycles. The van der Waals surface area contributed by atoms with E-state index in [4.69, 9.17) is 9.47 Å². The number of hydrogen-bond acceptors (Lipinski definition) is 7. The first-order chi connectivity index (χ1) is 13.2. The van der Waals surface area contributed by atoms with Gasteiger partial charge in [-0.3, -0.25) is 20.2 Å². The molecular formula is C19H20N2O7. The Hall–Kier alpha value is -3.49. The predicted molar refractivity (Wildman–Crippen MR) is 101 cm³/mol. The number of carbonyl (C=O) groups excluding carboxylic acids is 1. The third-order valence-electron chi connectivity index (χ3n) is 4.83. The first-order valence-corrected chi connectivity index (χ1v) is 8.63. The maximum absolute atomic E-state index is 12.2. The van der Waals surface area contributed by atoms with Crippen molar-refractivity contribution in [1.29, 1.82) is 0 Å². The highest BCUT2D eigenvalue weighted by Crippen LogP contribution is 2.39. The van der Waals surface area contributed by atoms with Crippen molar-refractivity contribution in [1.82, 2.24) is 0 Å². The van der Waals surface area contributed by atoms with Gasteiger partial charge >= 0.3 is 6.16 Å². The molecular weight excluding hydrogens is 368 g/mol. The van der Waals surface area contributed by atoms with Gasteiger partial charge in [0.2, 0.25) is 0 Å². The molecule has 28 heavy (non-hydrogen) atoms. The second-order valence-corrected chi connectivity index (χ2v) is 6.41. The number of nitro groups is 2. The highest BCUT2D eigenvalue weighted by Gasteiger charge is 2.29. The molecule has 2 aromatic rings. The van der Waals surface area contributed by atoms with Crippen LogP contribution >= 0.6 is 0 Å². The average Bonchev–Trinajstić information content (AvgIpc) is 2.67. The van der Waals surface area contributed by atoms with Crippen LogP contribution in [-0.2, 0) is 5.41 Å². The van der Waals surface area contributed by atoms with Crippen LogP contribution in [0.5, 0.6) is 11.5 Å². The monoisotopic (exact) mass is 388 g/mol. The molecule has 0 bridgehead atoms. The lowest BCUT2D eigenvalue weighted by molar-refractivity contribution is -0.385. The van der Waals surface area contributed by atoms with Gasteiger partial charge in [-0.05, 0) is 36.5 Å². The van der Waals surface area contributed by atoms with Crippen molar-refractivity contribution in [3.63, 3.8) is 0 Å². The van der Waals surface area contributed by atoms with Crippen molar-refractivity contribution in [3.8, 4) is 11.5 Å². The van der Waals surface area contributed by atoms with Crippen LogP contribution in [0.4, 0.5) is 16.2 Å². The van der Waals surface area contributed by atoms with Crippen molar-refractivity contribution in [3.05, 3.63) is 68.3 Å².